The third-order valence-corrected chi connectivity index (χ3v) is 5.87. The molecule has 0 aliphatic carbocycles. The lowest BCUT2D eigenvalue weighted by atomic mass is 9.96. The second-order valence-electron chi connectivity index (χ2n) is 7.90. The molecule has 0 spiro atoms. The van der Waals surface area contributed by atoms with Crippen LogP contribution >= 0.6 is 11.6 Å². The number of benzene rings is 1. The summed E-state index contributed by atoms with van der Waals surface area (Å²) in [6.45, 7) is 4.06. The Hall–Kier alpha value is -1.30. The van der Waals surface area contributed by atoms with Crippen LogP contribution in [-0.2, 0) is 4.79 Å². The minimum absolute atomic E-state index is 0.234. The van der Waals surface area contributed by atoms with E-state index in [1.165, 1.54) is 12.8 Å². The number of carbonyl (C=O) groups excluding carboxylic acids is 1. The molecule has 2 saturated heterocycles. The molecule has 0 bridgehead atoms. The molecule has 2 heterocycles. The van der Waals surface area contributed by atoms with Crippen LogP contribution in [0.4, 0.5) is 0 Å². The summed E-state index contributed by atoms with van der Waals surface area (Å²) in [6.07, 6.45) is 6.85. The van der Waals surface area contributed by atoms with E-state index in [1.54, 1.807) is 12.1 Å². The van der Waals surface area contributed by atoms with Crippen LogP contribution in [-0.4, -0.2) is 65.7 Å². The van der Waals surface area contributed by atoms with Gasteiger partial charge in [0.2, 0.25) is 5.91 Å². The molecular formula is C21H31ClN2O3. The number of carbonyl (C=O) groups is 1. The second kappa shape index (κ2) is 9.76. The number of hydrogen-bond acceptors (Lipinski definition) is 4. The van der Waals surface area contributed by atoms with E-state index < -0.39 is 5.60 Å². The smallest absolute Gasteiger partial charge is 0.236 e. The Balaban J connectivity index is 1.48. The third kappa shape index (κ3) is 6.37. The Morgan fingerprint density at radius 2 is 1.85 bits per heavy atom. The maximum Gasteiger partial charge on any atom is 0.236 e. The van der Waals surface area contributed by atoms with Crippen LogP contribution in [0.5, 0.6) is 5.75 Å². The van der Waals surface area contributed by atoms with Crippen molar-refractivity contribution < 1.29 is 14.6 Å². The number of nitrogens with zero attached hydrogens (tertiary/aromatic N) is 2. The largest absolute Gasteiger partial charge is 0.491 e. The average Bonchev–Trinajstić information content (AvgIpc) is 3.02. The van der Waals surface area contributed by atoms with E-state index in [0.717, 1.165) is 45.4 Å². The average molecular weight is 395 g/mol. The molecule has 1 amide bonds. The third-order valence-electron chi connectivity index (χ3n) is 5.63. The van der Waals surface area contributed by atoms with Crippen LogP contribution < -0.4 is 4.74 Å². The summed E-state index contributed by atoms with van der Waals surface area (Å²) < 4.78 is 5.78. The summed E-state index contributed by atoms with van der Waals surface area (Å²) in [5.41, 5.74) is -0.858. The van der Waals surface area contributed by atoms with Crippen LogP contribution in [0.25, 0.3) is 0 Å². The van der Waals surface area contributed by atoms with Gasteiger partial charge in [-0.15, -0.1) is 0 Å². The molecule has 150 valence electrons. The Labute approximate surface area is 167 Å². The standard InChI is InChI=1S/C21H31ClN2O3/c22-18-7-5-8-19(15-18)27-17-21(26)9-6-11-23(14-10-21)16-20(25)24-12-3-1-2-4-13-24/h5,7-8,15,26H,1-4,6,9-14,16-17H2. The fourth-order valence-electron chi connectivity index (χ4n) is 3.92. The molecule has 2 aliphatic heterocycles. The maximum absolute atomic E-state index is 12.6. The molecule has 5 nitrogen and oxygen atoms in total. The van der Waals surface area contributed by atoms with Crippen LogP contribution in [0, 0.1) is 0 Å². The summed E-state index contributed by atoms with van der Waals surface area (Å²) in [5, 5.41) is 11.6. The summed E-state index contributed by atoms with van der Waals surface area (Å²) in [5.74, 6) is 0.908. The van der Waals surface area contributed by atoms with E-state index in [4.69, 9.17) is 16.3 Å². The molecule has 0 saturated carbocycles. The zero-order chi connectivity index (χ0) is 19.1. The van der Waals surface area contributed by atoms with Crippen molar-refractivity contribution in [2.45, 2.75) is 50.5 Å². The Bertz CT molecular complexity index is 619. The molecule has 0 aromatic heterocycles. The molecule has 27 heavy (non-hydrogen) atoms. The van der Waals surface area contributed by atoms with E-state index in [1.807, 2.05) is 17.0 Å². The van der Waals surface area contributed by atoms with Crippen molar-refractivity contribution in [3.05, 3.63) is 29.3 Å². The second-order valence-corrected chi connectivity index (χ2v) is 8.33. The van der Waals surface area contributed by atoms with Gasteiger partial charge in [-0.3, -0.25) is 9.69 Å². The molecule has 1 atom stereocenters. The first-order valence-electron chi connectivity index (χ1n) is 10.1. The highest BCUT2D eigenvalue weighted by atomic mass is 35.5. The van der Waals surface area contributed by atoms with Gasteiger partial charge in [0.25, 0.3) is 0 Å². The molecule has 6 heteroatoms. The summed E-state index contributed by atoms with van der Waals surface area (Å²) in [6, 6.07) is 7.24. The fourth-order valence-corrected chi connectivity index (χ4v) is 4.10. The SMILES string of the molecule is O=C(CN1CCCC(O)(COc2cccc(Cl)c2)CC1)N1CCCCCC1. The van der Waals surface area contributed by atoms with E-state index in [2.05, 4.69) is 4.90 Å². The summed E-state index contributed by atoms with van der Waals surface area (Å²) in [7, 11) is 0. The van der Waals surface area contributed by atoms with E-state index in [-0.39, 0.29) is 12.5 Å². The fraction of sp³-hybridized carbons (Fsp3) is 0.667. The monoisotopic (exact) mass is 394 g/mol. The lowest BCUT2D eigenvalue weighted by Crippen LogP contribution is -2.42. The van der Waals surface area contributed by atoms with Gasteiger partial charge in [-0.25, -0.2) is 0 Å². The van der Waals surface area contributed by atoms with E-state index >= 15 is 0 Å². The van der Waals surface area contributed by atoms with Crippen molar-refractivity contribution in [3.63, 3.8) is 0 Å². The molecule has 2 fully saturated rings. The number of ether oxygens (including phenoxy) is 1. The quantitative estimate of drug-likeness (QED) is 0.832. The van der Waals surface area contributed by atoms with Crippen LogP contribution in [0.3, 0.4) is 0 Å². The van der Waals surface area contributed by atoms with Crippen molar-refractivity contribution in [3.8, 4) is 5.75 Å². The predicted molar refractivity (Wildman–Crippen MR) is 107 cm³/mol. The number of aliphatic hydroxyl groups is 1. The first-order valence-corrected chi connectivity index (χ1v) is 10.5. The van der Waals surface area contributed by atoms with Gasteiger partial charge >= 0.3 is 0 Å². The van der Waals surface area contributed by atoms with Gasteiger partial charge in [-0.2, -0.15) is 0 Å². The predicted octanol–water partition coefficient (Wildman–Crippen LogP) is 3.34. The van der Waals surface area contributed by atoms with Crippen LogP contribution in [0.15, 0.2) is 24.3 Å². The number of amides is 1. The van der Waals surface area contributed by atoms with E-state index in [9.17, 15) is 9.90 Å². The van der Waals surface area contributed by atoms with Gasteiger partial charge in [0.05, 0.1) is 12.1 Å². The number of hydrogen-bond donors (Lipinski definition) is 1. The van der Waals surface area contributed by atoms with Gasteiger partial charge in [0.1, 0.15) is 12.4 Å². The normalized spacial score (nSPS) is 24.9. The highest BCUT2D eigenvalue weighted by Gasteiger charge is 2.32. The summed E-state index contributed by atoms with van der Waals surface area (Å²) >= 11 is 5.98. The highest BCUT2D eigenvalue weighted by molar-refractivity contribution is 6.30. The lowest BCUT2D eigenvalue weighted by molar-refractivity contribution is -0.132. The first-order chi connectivity index (χ1) is 13.0. The Morgan fingerprint density at radius 3 is 2.59 bits per heavy atom. The minimum Gasteiger partial charge on any atom is -0.491 e. The Morgan fingerprint density at radius 1 is 1.07 bits per heavy atom. The van der Waals surface area contributed by atoms with Crippen molar-refractivity contribution in [1.82, 2.24) is 9.80 Å². The van der Waals surface area contributed by atoms with Crippen molar-refractivity contribution in [1.29, 1.82) is 0 Å². The summed E-state index contributed by atoms with van der Waals surface area (Å²) in [4.78, 5) is 16.8. The molecular weight excluding hydrogens is 364 g/mol. The van der Waals surface area contributed by atoms with Crippen molar-refractivity contribution >= 4 is 17.5 Å². The highest BCUT2D eigenvalue weighted by Crippen LogP contribution is 2.25. The van der Waals surface area contributed by atoms with E-state index in [0.29, 0.717) is 30.2 Å². The number of rotatable bonds is 5. The molecule has 2 aliphatic rings. The Kier molecular flexibility index (Phi) is 7.39. The van der Waals surface area contributed by atoms with Gasteiger partial charge in [0.15, 0.2) is 0 Å². The molecule has 0 radical (unpaired) electrons. The maximum atomic E-state index is 12.6. The number of likely N-dealkylation sites (tertiary alicyclic amines) is 2. The van der Waals surface area contributed by atoms with Gasteiger partial charge < -0.3 is 14.7 Å². The zero-order valence-corrected chi connectivity index (χ0v) is 16.8. The van der Waals surface area contributed by atoms with Gasteiger partial charge in [-0.1, -0.05) is 30.5 Å². The van der Waals surface area contributed by atoms with Crippen LogP contribution in [0.2, 0.25) is 5.02 Å². The lowest BCUT2D eigenvalue weighted by Gasteiger charge is -2.28. The van der Waals surface area contributed by atoms with Gasteiger partial charge in [-0.05, 0) is 56.8 Å². The number of halogens is 1. The topological polar surface area (TPSA) is 53.0 Å². The molecule has 3 rings (SSSR count). The van der Waals surface area contributed by atoms with Crippen LogP contribution in [0.1, 0.15) is 44.9 Å². The molecule has 1 N–H and O–H groups in total. The van der Waals surface area contributed by atoms with Crippen molar-refractivity contribution in [2.75, 3.05) is 39.3 Å². The first kappa shape index (κ1) is 20.4. The minimum atomic E-state index is -0.858. The molecule has 1 aromatic rings. The van der Waals surface area contributed by atoms with Gasteiger partial charge in [0, 0.05) is 24.7 Å². The molecule has 1 unspecified atom stereocenters. The van der Waals surface area contributed by atoms with Crippen molar-refractivity contribution in [2.24, 2.45) is 0 Å². The molecule has 1 aromatic carbocycles. The zero-order valence-electron chi connectivity index (χ0n) is 16.0.